The number of piperidine rings is 1. The first kappa shape index (κ1) is 21.3. The predicted octanol–water partition coefficient (Wildman–Crippen LogP) is 3.54. The zero-order valence-corrected chi connectivity index (χ0v) is 18.1. The van der Waals surface area contributed by atoms with Gasteiger partial charge in [0.05, 0.1) is 6.04 Å². The summed E-state index contributed by atoms with van der Waals surface area (Å²) in [6.45, 7) is 5.74. The average molecular weight is 416 g/mol. The third kappa shape index (κ3) is 4.53. The predicted molar refractivity (Wildman–Crippen MR) is 115 cm³/mol. The Kier molecular flexibility index (Phi) is 6.71. The molecule has 1 aromatic rings. The molecule has 2 heterocycles. The molecule has 0 unspecified atom stereocenters. The lowest BCUT2D eigenvalue weighted by Gasteiger charge is -2.44. The van der Waals surface area contributed by atoms with Crippen molar-refractivity contribution in [2.24, 2.45) is 5.92 Å². The van der Waals surface area contributed by atoms with Crippen molar-refractivity contribution >= 4 is 11.8 Å². The lowest BCUT2D eigenvalue weighted by Crippen LogP contribution is -2.60. The van der Waals surface area contributed by atoms with Crippen LogP contribution in [0.25, 0.3) is 0 Å². The van der Waals surface area contributed by atoms with Gasteiger partial charge in [-0.2, -0.15) is 0 Å². The quantitative estimate of drug-likeness (QED) is 0.756. The maximum absolute atomic E-state index is 13.6. The van der Waals surface area contributed by atoms with Crippen LogP contribution in [0.5, 0.6) is 0 Å². The maximum Gasteiger partial charge on any atom is 0.253 e. The second-order valence-electron chi connectivity index (χ2n) is 9.20. The number of benzene rings is 1. The molecular formula is C24H34FN3O2. The van der Waals surface area contributed by atoms with E-state index in [9.17, 15) is 14.0 Å². The van der Waals surface area contributed by atoms with Crippen LogP contribution in [0.4, 0.5) is 4.39 Å². The van der Waals surface area contributed by atoms with Gasteiger partial charge in [0.25, 0.3) is 5.91 Å². The van der Waals surface area contributed by atoms with Crippen LogP contribution in [0.2, 0.25) is 0 Å². The first-order valence-corrected chi connectivity index (χ1v) is 11.6. The Hall–Kier alpha value is -1.95. The summed E-state index contributed by atoms with van der Waals surface area (Å²) in [7, 11) is 0. The van der Waals surface area contributed by atoms with Gasteiger partial charge in [-0.3, -0.25) is 14.5 Å². The summed E-state index contributed by atoms with van der Waals surface area (Å²) in [5, 5.41) is 0. The Balaban J connectivity index is 1.43. The Morgan fingerprint density at radius 1 is 0.900 bits per heavy atom. The molecule has 164 valence electrons. The smallest absolute Gasteiger partial charge is 0.253 e. The molecule has 1 aliphatic carbocycles. The van der Waals surface area contributed by atoms with E-state index in [1.165, 1.54) is 31.4 Å². The zero-order valence-electron chi connectivity index (χ0n) is 18.1. The summed E-state index contributed by atoms with van der Waals surface area (Å²) in [4.78, 5) is 32.7. The van der Waals surface area contributed by atoms with Gasteiger partial charge < -0.3 is 9.80 Å². The van der Waals surface area contributed by atoms with Crippen LogP contribution in [-0.2, 0) is 4.79 Å². The number of halogens is 1. The topological polar surface area (TPSA) is 43.9 Å². The number of nitrogens with zero attached hydrogens (tertiary/aromatic N) is 3. The van der Waals surface area contributed by atoms with Crippen LogP contribution in [0.15, 0.2) is 24.3 Å². The van der Waals surface area contributed by atoms with Crippen molar-refractivity contribution in [1.29, 1.82) is 0 Å². The molecule has 0 N–H and O–H groups in total. The summed E-state index contributed by atoms with van der Waals surface area (Å²) >= 11 is 0. The fourth-order valence-corrected chi connectivity index (χ4v) is 5.50. The van der Waals surface area contributed by atoms with Crippen LogP contribution >= 0.6 is 0 Å². The van der Waals surface area contributed by atoms with Gasteiger partial charge in [-0.25, -0.2) is 4.39 Å². The third-order valence-corrected chi connectivity index (χ3v) is 7.27. The molecule has 2 saturated heterocycles. The Morgan fingerprint density at radius 2 is 1.53 bits per heavy atom. The molecule has 30 heavy (non-hydrogen) atoms. The van der Waals surface area contributed by atoms with Gasteiger partial charge in [-0.05, 0) is 69.2 Å². The zero-order chi connectivity index (χ0) is 21.1. The molecular weight excluding hydrogens is 381 g/mol. The number of hydrogen-bond acceptors (Lipinski definition) is 3. The van der Waals surface area contributed by atoms with E-state index in [2.05, 4.69) is 16.7 Å². The number of likely N-dealkylation sites (tertiary alicyclic amines) is 1. The van der Waals surface area contributed by atoms with Crippen LogP contribution in [0.3, 0.4) is 0 Å². The number of amides is 2. The SMILES string of the molecule is C[C@H]1CCCCN1C(=O)[C@H](C1CCCC1)N1CCN(C(=O)c2ccc(F)cc2)CC1. The fourth-order valence-electron chi connectivity index (χ4n) is 5.50. The van der Waals surface area contributed by atoms with E-state index in [1.807, 2.05) is 4.90 Å². The molecule has 6 heteroatoms. The van der Waals surface area contributed by atoms with E-state index < -0.39 is 0 Å². The van der Waals surface area contributed by atoms with Crippen molar-refractivity contribution in [2.45, 2.75) is 64.0 Å². The lowest BCUT2D eigenvalue weighted by molar-refractivity contribution is -0.143. The minimum absolute atomic E-state index is 0.0453. The molecule has 3 aliphatic rings. The van der Waals surface area contributed by atoms with Gasteiger partial charge in [-0.15, -0.1) is 0 Å². The first-order valence-electron chi connectivity index (χ1n) is 11.6. The number of carbonyl (C=O) groups is 2. The van der Waals surface area contributed by atoms with Crippen molar-refractivity contribution in [3.63, 3.8) is 0 Å². The lowest BCUT2D eigenvalue weighted by atomic mass is 9.92. The van der Waals surface area contributed by atoms with E-state index in [4.69, 9.17) is 0 Å². The fraction of sp³-hybridized carbons (Fsp3) is 0.667. The number of carbonyl (C=O) groups excluding carboxylic acids is 2. The molecule has 1 saturated carbocycles. The largest absolute Gasteiger partial charge is 0.339 e. The Bertz CT molecular complexity index is 739. The van der Waals surface area contributed by atoms with Crippen LogP contribution in [0, 0.1) is 11.7 Å². The summed E-state index contributed by atoms with van der Waals surface area (Å²) in [6, 6.07) is 6.04. The highest BCUT2D eigenvalue weighted by molar-refractivity contribution is 5.94. The van der Waals surface area contributed by atoms with Gasteiger partial charge in [0.2, 0.25) is 5.91 Å². The summed E-state index contributed by atoms with van der Waals surface area (Å²) in [5.41, 5.74) is 0.524. The molecule has 5 nitrogen and oxygen atoms in total. The first-order chi connectivity index (χ1) is 14.5. The van der Waals surface area contributed by atoms with E-state index in [0.29, 0.717) is 36.5 Å². The van der Waals surface area contributed by atoms with Crippen molar-refractivity contribution in [1.82, 2.24) is 14.7 Å². The van der Waals surface area contributed by atoms with Crippen molar-refractivity contribution < 1.29 is 14.0 Å². The summed E-state index contributed by atoms with van der Waals surface area (Å²) in [6.07, 6.45) is 8.11. The highest BCUT2D eigenvalue weighted by Gasteiger charge is 2.40. The second kappa shape index (κ2) is 9.46. The number of piperazine rings is 1. The minimum Gasteiger partial charge on any atom is -0.339 e. The highest BCUT2D eigenvalue weighted by Crippen LogP contribution is 2.33. The molecule has 4 rings (SSSR count). The molecule has 0 aromatic heterocycles. The second-order valence-corrected chi connectivity index (χ2v) is 9.20. The van der Waals surface area contributed by atoms with Gasteiger partial charge in [0.15, 0.2) is 0 Å². The highest BCUT2D eigenvalue weighted by atomic mass is 19.1. The number of rotatable bonds is 4. The molecule has 0 radical (unpaired) electrons. The van der Waals surface area contributed by atoms with Crippen LogP contribution < -0.4 is 0 Å². The average Bonchev–Trinajstić information content (AvgIpc) is 3.29. The molecule has 0 spiro atoms. The van der Waals surface area contributed by atoms with Gasteiger partial charge >= 0.3 is 0 Å². The van der Waals surface area contributed by atoms with E-state index in [1.54, 1.807) is 12.1 Å². The van der Waals surface area contributed by atoms with Crippen LogP contribution in [0.1, 0.15) is 62.2 Å². The van der Waals surface area contributed by atoms with E-state index >= 15 is 0 Å². The minimum atomic E-state index is -0.332. The van der Waals surface area contributed by atoms with Crippen molar-refractivity contribution in [2.75, 3.05) is 32.7 Å². The van der Waals surface area contributed by atoms with Gasteiger partial charge in [-0.1, -0.05) is 12.8 Å². The Morgan fingerprint density at radius 3 is 2.17 bits per heavy atom. The third-order valence-electron chi connectivity index (χ3n) is 7.27. The Labute approximate surface area is 179 Å². The van der Waals surface area contributed by atoms with Crippen LogP contribution in [-0.4, -0.2) is 71.3 Å². The molecule has 2 aliphatic heterocycles. The normalized spacial score (nSPS) is 24.8. The molecule has 2 amide bonds. The molecule has 1 aromatic carbocycles. The van der Waals surface area contributed by atoms with E-state index in [0.717, 1.165) is 45.3 Å². The van der Waals surface area contributed by atoms with Crippen molar-refractivity contribution in [3.8, 4) is 0 Å². The van der Waals surface area contributed by atoms with E-state index in [-0.39, 0.29) is 17.8 Å². The molecule has 0 bridgehead atoms. The molecule has 2 atom stereocenters. The maximum atomic E-state index is 13.6. The van der Waals surface area contributed by atoms with Crippen molar-refractivity contribution in [3.05, 3.63) is 35.6 Å². The monoisotopic (exact) mass is 415 g/mol. The summed E-state index contributed by atoms with van der Waals surface area (Å²) < 4.78 is 13.2. The van der Waals surface area contributed by atoms with Gasteiger partial charge in [0, 0.05) is 44.3 Å². The molecule has 3 fully saturated rings. The van der Waals surface area contributed by atoms with Gasteiger partial charge in [0.1, 0.15) is 5.82 Å². The summed E-state index contributed by atoms with van der Waals surface area (Å²) in [5.74, 6) is 0.364. The standard InChI is InChI=1S/C24H34FN3O2/c1-18-6-4-5-13-28(18)24(30)22(19-7-2-3-8-19)26-14-16-27(17-15-26)23(29)20-9-11-21(25)12-10-20/h9-12,18-19,22H,2-8,13-17H2,1H3/t18-,22-/m0/s1. The number of hydrogen-bond donors (Lipinski definition) is 0.